The second-order valence-corrected chi connectivity index (χ2v) is 11.7. The average molecular weight is 468 g/mol. The van der Waals surface area contributed by atoms with E-state index in [4.69, 9.17) is 5.73 Å². The molecule has 0 spiro atoms. The van der Waals surface area contributed by atoms with Crippen molar-refractivity contribution in [1.29, 1.82) is 0 Å². The first-order chi connectivity index (χ1) is 15.5. The maximum Gasteiger partial charge on any atom is 0.263 e. The van der Waals surface area contributed by atoms with Crippen LogP contribution in [0.3, 0.4) is 0 Å². The first-order valence-corrected chi connectivity index (χ1v) is 13.1. The second-order valence-electron chi connectivity index (χ2n) is 9.53. The topological polar surface area (TPSA) is 74.5 Å². The molecule has 3 aromatic rings. The van der Waals surface area contributed by atoms with E-state index >= 15 is 0 Å². The molecule has 2 aromatic heterocycles. The SMILES string of the molecule is Cc1nc2sc(C(=O)N[C@@H]3CCc4cc(N5CC6CCC(C5)N6C)ccc4C3)c(N)c2s1. The summed E-state index contributed by atoms with van der Waals surface area (Å²) in [5, 5.41) is 4.22. The minimum atomic E-state index is -0.0617. The molecular formula is C24H29N5OS2. The number of nitrogens with one attached hydrogen (secondary N) is 1. The average Bonchev–Trinajstić information content (AvgIpc) is 3.34. The van der Waals surface area contributed by atoms with Crippen molar-refractivity contribution in [2.45, 2.75) is 57.2 Å². The highest BCUT2D eigenvalue weighted by molar-refractivity contribution is 7.29. The molecular weight excluding hydrogens is 438 g/mol. The number of aryl methyl sites for hydroxylation is 2. The fourth-order valence-corrected chi connectivity index (χ4v) is 7.80. The Kier molecular flexibility index (Phi) is 4.93. The Morgan fingerprint density at radius 2 is 1.94 bits per heavy atom. The Morgan fingerprint density at radius 1 is 1.16 bits per heavy atom. The first kappa shape index (κ1) is 20.4. The van der Waals surface area contributed by atoms with Crippen molar-refractivity contribution in [3.63, 3.8) is 0 Å². The minimum Gasteiger partial charge on any atom is -0.396 e. The van der Waals surface area contributed by atoms with Crippen LogP contribution in [0.5, 0.6) is 0 Å². The molecule has 2 bridgehead atoms. The number of carbonyl (C=O) groups excluding carboxylic acids is 1. The molecule has 6 nitrogen and oxygen atoms in total. The van der Waals surface area contributed by atoms with Crippen LogP contribution in [0.4, 0.5) is 11.4 Å². The number of nitrogens with two attached hydrogens (primary N) is 1. The molecule has 2 saturated heterocycles. The molecule has 1 amide bonds. The molecule has 0 radical (unpaired) electrons. The highest BCUT2D eigenvalue weighted by Crippen LogP contribution is 2.38. The fraction of sp³-hybridized carbons (Fsp3) is 0.500. The van der Waals surface area contributed by atoms with Gasteiger partial charge in [0.15, 0.2) is 0 Å². The summed E-state index contributed by atoms with van der Waals surface area (Å²) in [6.07, 6.45) is 5.50. The maximum absolute atomic E-state index is 12.9. The van der Waals surface area contributed by atoms with E-state index in [9.17, 15) is 4.79 Å². The normalized spacial score (nSPS) is 25.3. The number of aromatic nitrogens is 1. The van der Waals surface area contributed by atoms with E-state index in [0.717, 1.165) is 46.9 Å². The number of hydrogen-bond donors (Lipinski definition) is 2. The van der Waals surface area contributed by atoms with E-state index in [1.165, 1.54) is 41.0 Å². The number of likely N-dealkylation sites (N-methyl/N-ethyl adjacent to an activating group) is 1. The van der Waals surface area contributed by atoms with Crippen LogP contribution in [-0.4, -0.2) is 54.1 Å². The first-order valence-electron chi connectivity index (χ1n) is 11.5. The summed E-state index contributed by atoms with van der Waals surface area (Å²) < 4.78 is 0.941. The van der Waals surface area contributed by atoms with Gasteiger partial charge in [-0.1, -0.05) is 6.07 Å². The monoisotopic (exact) mass is 467 g/mol. The lowest BCUT2D eigenvalue weighted by Gasteiger charge is -2.40. The van der Waals surface area contributed by atoms with Gasteiger partial charge in [0.2, 0.25) is 0 Å². The van der Waals surface area contributed by atoms with Crippen LogP contribution in [0.1, 0.15) is 45.1 Å². The van der Waals surface area contributed by atoms with E-state index in [1.807, 2.05) is 6.92 Å². The lowest BCUT2D eigenvalue weighted by atomic mass is 9.87. The zero-order valence-corrected chi connectivity index (χ0v) is 20.2. The van der Waals surface area contributed by atoms with Gasteiger partial charge in [0, 0.05) is 36.9 Å². The summed E-state index contributed by atoms with van der Waals surface area (Å²) in [7, 11) is 2.28. The Balaban J connectivity index is 1.14. The predicted molar refractivity (Wildman–Crippen MR) is 133 cm³/mol. The van der Waals surface area contributed by atoms with Crippen molar-refractivity contribution in [2.24, 2.45) is 0 Å². The van der Waals surface area contributed by atoms with E-state index < -0.39 is 0 Å². The number of fused-ring (bicyclic) bond motifs is 4. The van der Waals surface area contributed by atoms with Crippen LogP contribution in [-0.2, 0) is 12.8 Å². The van der Waals surface area contributed by atoms with Gasteiger partial charge in [0.25, 0.3) is 5.91 Å². The van der Waals surface area contributed by atoms with Crippen LogP contribution in [0.2, 0.25) is 0 Å². The third-order valence-electron chi connectivity index (χ3n) is 7.56. The number of thiazole rings is 1. The number of rotatable bonds is 3. The number of anilines is 2. The highest BCUT2D eigenvalue weighted by Gasteiger charge is 2.37. The van der Waals surface area contributed by atoms with E-state index in [-0.39, 0.29) is 11.9 Å². The van der Waals surface area contributed by atoms with Gasteiger partial charge in [-0.2, -0.15) is 0 Å². The zero-order chi connectivity index (χ0) is 22.0. The van der Waals surface area contributed by atoms with Gasteiger partial charge in [0.05, 0.1) is 15.4 Å². The molecule has 3 atom stereocenters. The standard InChI is InChI=1S/C24H29N5OS2/c1-13-26-24-22(31-13)20(25)21(32-24)23(30)27-16-5-3-15-10-17(6-4-14(15)9-16)29-11-18-7-8-19(12-29)28(18)2/h4,6,10,16,18-19H,3,5,7-9,11-12,25H2,1-2H3,(H,27,30)/t16-,18?,19?/m1/s1. The molecule has 3 N–H and O–H groups in total. The lowest BCUT2D eigenvalue weighted by Crippen LogP contribution is -2.52. The quantitative estimate of drug-likeness (QED) is 0.613. The van der Waals surface area contributed by atoms with Gasteiger partial charge in [-0.05, 0) is 69.3 Å². The summed E-state index contributed by atoms with van der Waals surface area (Å²) in [6, 6.07) is 8.51. The molecule has 4 heterocycles. The molecule has 168 valence electrons. The van der Waals surface area contributed by atoms with Gasteiger partial charge in [-0.25, -0.2) is 4.98 Å². The van der Waals surface area contributed by atoms with Crippen molar-refractivity contribution < 1.29 is 4.79 Å². The molecule has 2 aliphatic heterocycles. The van der Waals surface area contributed by atoms with Crippen molar-refractivity contribution >= 4 is 49.5 Å². The summed E-state index contributed by atoms with van der Waals surface area (Å²) in [4.78, 5) is 24.1. The number of nitrogen functional groups attached to an aromatic ring is 1. The Labute approximate surface area is 196 Å². The van der Waals surface area contributed by atoms with E-state index in [2.05, 4.69) is 45.3 Å². The third-order valence-corrected chi connectivity index (χ3v) is 9.79. The van der Waals surface area contributed by atoms with Gasteiger partial charge in [-0.15, -0.1) is 22.7 Å². The molecule has 32 heavy (non-hydrogen) atoms. The van der Waals surface area contributed by atoms with E-state index in [0.29, 0.717) is 22.6 Å². The van der Waals surface area contributed by atoms with Crippen molar-refractivity contribution in [3.8, 4) is 0 Å². The molecule has 1 aliphatic carbocycles. The predicted octanol–water partition coefficient (Wildman–Crippen LogP) is 3.82. The molecule has 8 heteroatoms. The smallest absolute Gasteiger partial charge is 0.263 e. The van der Waals surface area contributed by atoms with Crippen molar-refractivity contribution in [1.82, 2.24) is 15.2 Å². The molecule has 0 saturated carbocycles. The molecule has 2 fully saturated rings. The molecule has 6 rings (SSSR count). The van der Waals surface area contributed by atoms with Gasteiger partial charge in [0.1, 0.15) is 9.71 Å². The minimum absolute atomic E-state index is 0.0617. The summed E-state index contributed by atoms with van der Waals surface area (Å²) in [5.74, 6) is -0.0617. The third kappa shape index (κ3) is 3.40. The second kappa shape index (κ2) is 7.71. The number of carbonyl (C=O) groups is 1. The fourth-order valence-electron chi connectivity index (χ4n) is 5.71. The highest BCUT2D eigenvalue weighted by atomic mass is 32.1. The number of benzene rings is 1. The van der Waals surface area contributed by atoms with Crippen molar-refractivity contribution in [2.75, 3.05) is 30.8 Å². The maximum atomic E-state index is 12.9. The zero-order valence-electron chi connectivity index (χ0n) is 18.6. The van der Waals surface area contributed by atoms with Crippen molar-refractivity contribution in [3.05, 3.63) is 39.2 Å². The molecule has 3 aliphatic rings. The largest absolute Gasteiger partial charge is 0.396 e. The number of nitrogens with zero attached hydrogens (tertiary/aromatic N) is 3. The van der Waals surface area contributed by atoms with Gasteiger partial charge < -0.3 is 16.0 Å². The molecule has 2 unspecified atom stereocenters. The van der Waals surface area contributed by atoms with Gasteiger partial charge >= 0.3 is 0 Å². The molecule has 1 aromatic carbocycles. The number of amides is 1. The lowest BCUT2D eigenvalue weighted by molar-refractivity contribution is 0.0938. The van der Waals surface area contributed by atoms with Crippen LogP contribution >= 0.6 is 22.7 Å². The Hall–Kier alpha value is -2.16. The Bertz CT molecular complexity index is 1190. The van der Waals surface area contributed by atoms with Gasteiger partial charge in [-0.3, -0.25) is 9.69 Å². The Morgan fingerprint density at radius 3 is 2.69 bits per heavy atom. The summed E-state index contributed by atoms with van der Waals surface area (Å²) in [6.45, 7) is 4.24. The van der Waals surface area contributed by atoms with Crippen LogP contribution < -0.4 is 16.0 Å². The number of piperazine rings is 1. The van der Waals surface area contributed by atoms with E-state index in [1.54, 1.807) is 11.3 Å². The summed E-state index contributed by atoms with van der Waals surface area (Å²) in [5.41, 5.74) is 11.0. The van der Waals surface area contributed by atoms with Crippen LogP contribution in [0.15, 0.2) is 18.2 Å². The van der Waals surface area contributed by atoms with Crippen LogP contribution in [0, 0.1) is 6.92 Å². The summed E-state index contributed by atoms with van der Waals surface area (Å²) >= 11 is 2.96. The number of hydrogen-bond acceptors (Lipinski definition) is 7. The van der Waals surface area contributed by atoms with Crippen LogP contribution in [0.25, 0.3) is 9.53 Å². The number of thiophene rings is 1.